The fourth-order valence-electron chi connectivity index (χ4n) is 3.75. The molecule has 0 spiro atoms. The summed E-state index contributed by atoms with van der Waals surface area (Å²) in [6.45, 7) is 0. The Balaban J connectivity index is 1.60. The molecular weight excluding hydrogens is 370 g/mol. The van der Waals surface area contributed by atoms with Crippen molar-refractivity contribution in [3.05, 3.63) is 41.5 Å². The van der Waals surface area contributed by atoms with Gasteiger partial charge in [-0.15, -0.1) is 0 Å². The summed E-state index contributed by atoms with van der Waals surface area (Å²) in [5.41, 5.74) is 1.09. The van der Waals surface area contributed by atoms with Crippen LogP contribution in [0.2, 0.25) is 0 Å². The van der Waals surface area contributed by atoms with Crippen LogP contribution >= 0.6 is 0 Å². The Morgan fingerprint density at radius 2 is 1.64 bits per heavy atom. The topological polar surface area (TPSA) is 127 Å². The summed E-state index contributed by atoms with van der Waals surface area (Å²) >= 11 is 0. The average molecular weight is 389 g/mol. The average Bonchev–Trinajstić information content (AvgIpc) is 3.31. The third-order valence-electron chi connectivity index (χ3n) is 5.05. The molecule has 4 unspecified atom stereocenters. The van der Waals surface area contributed by atoms with Crippen LogP contribution in [0.25, 0.3) is 5.69 Å². The van der Waals surface area contributed by atoms with Crippen LogP contribution in [0.4, 0.5) is 0 Å². The number of ether oxygens (including phenoxy) is 3. The van der Waals surface area contributed by atoms with Gasteiger partial charge in [0.1, 0.15) is 18.3 Å². The minimum Gasteiger partial charge on any atom is -0.494 e. The highest BCUT2D eigenvalue weighted by Gasteiger charge is 2.58. The van der Waals surface area contributed by atoms with Crippen LogP contribution in [0.3, 0.4) is 0 Å². The predicted octanol–water partition coefficient (Wildman–Crippen LogP) is 1.24. The molecule has 2 aromatic rings. The summed E-state index contributed by atoms with van der Waals surface area (Å²) in [4.78, 5) is 23.2. The number of carbonyl (C=O) groups is 2. The monoisotopic (exact) mass is 389 g/mol. The Labute approximate surface area is 159 Å². The van der Waals surface area contributed by atoms with Gasteiger partial charge >= 0.3 is 11.9 Å². The van der Waals surface area contributed by atoms with Crippen molar-refractivity contribution in [2.24, 2.45) is 0 Å². The molecule has 3 heterocycles. The molecule has 1 aromatic carbocycles. The normalized spacial score (nSPS) is 24.8. The van der Waals surface area contributed by atoms with E-state index < -0.39 is 36.4 Å². The SMILES string of the molecule is COC(=O)CCC(=O)OC1C2OC(c3c2c(O)n(-c2ccccc2)c3O)C1O. The van der Waals surface area contributed by atoms with E-state index in [-0.39, 0.29) is 35.7 Å². The molecule has 1 fully saturated rings. The number of rotatable bonds is 5. The third-order valence-corrected chi connectivity index (χ3v) is 5.05. The Morgan fingerprint density at radius 1 is 1.04 bits per heavy atom. The van der Waals surface area contributed by atoms with E-state index in [1.54, 1.807) is 30.3 Å². The van der Waals surface area contributed by atoms with E-state index in [9.17, 15) is 24.9 Å². The highest BCUT2D eigenvalue weighted by atomic mass is 16.6. The first-order valence-corrected chi connectivity index (χ1v) is 8.75. The number of fused-ring (bicyclic) bond motifs is 5. The lowest BCUT2D eigenvalue weighted by atomic mass is 9.90. The molecular formula is C19H19NO8. The molecule has 9 heteroatoms. The summed E-state index contributed by atoms with van der Waals surface area (Å²) in [5, 5.41) is 31.8. The highest BCUT2D eigenvalue weighted by molar-refractivity contribution is 5.77. The number of carbonyl (C=O) groups excluding carboxylic acids is 2. The number of hydrogen-bond donors (Lipinski definition) is 3. The van der Waals surface area contributed by atoms with Crippen LogP contribution < -0.4 is 0 Å². The summed E-state index contributed by atoms with van der Waals surface area (Å²) in [6.07, 6.45) is -4.48. The first-order chi connectivity index (χ1) is 13.4. The zero-order valence-electron chi connectivity index (χ0n) is 14.9. The number of hydrogen-bond acceptors (Lipinski definition) is 8. The summed E-state index contributed by atoms with van der Waals surface area (Å²) in [6, 6.07) is 8.72. The standard InChI is InChI=1S/C19H19NO8/c1-26-10(21)7-8-11(22)27-17-14(23)15-12-13(16(17)28-15)19(25)20(18(12)24)9-5-3-2-4-6-9/h2-6,14-17,23-25H,7-8H2,1H3. The van der Waals surface area contributed by atoms with Gasteiger partial charge in [-0.2, -0.15) is 0 Å². The number of methoxy groups -OCH3 is 1. The van der Waals surface area contributed by atoms with E-state index in [2.05, 4.69) is 4.74 Å². The minimum absolute atomic E-state index is 0.144. The van der Waals surface area contributed by atoms with Crippen LogP contribution in [0.15, 0.2) is 30.3 Å². The molecule has 4 rings (SSSR count). The number of aromatic hydroxyl groups is 2. The van der Waals surface area contributed by atoms with Gasteiger partial charge in [0, 0.05) is 0 Å². The lowest BCUT2D eigenvalue weighted by Gasteiger charge is -2.24. The van der Waals surface area contributed by atoms with Crippen LogP contribution in [0.5, 0.6) is 11.8 Å². The Kier molecular flexibility index (Phi) is 4.48. The second kappa shape index (κ2) is 6.84. The maximum atomic E-state index is 12.0. The zero-order valence-corrected chi connectivity index (χ0v) is 14.9. The van der Waals surface area contributed by atoms with Gasteiger partial charge in [0.05, 0.1) is 36.8 Å². The van der Waals surface area contributed by atoms with Gasteiger partial charge in [0.25, 0.3) is 0 Å². The van der Waals surface area contributed by atoms with Crippen molar-refractivity contribution in [1.82, 2.24) is 4.57 Å². The smallest absolute Gasteiger partial charge is 0.306 e. The molecule has 0 saturated carbocycles. The van der Waals surface area contributed by atoms with Gasteiger partial charge < -0.3 is 29.5 Å². The van der Waals surface area contributed by atoms with Gasteiger partial charge in [-0.1, -0.05) is 18.2 Å². The second-order valence-electron chi connectivity index (χ2n) is 6.64. The van der Waals surface area contributed by atoms with E-state index in [1.165, 1.54) is 11.7 Å². The fourth-order valence-corrected chi connectivity index (χ4v) is 3.75. The molecule has 2 aliphatic rings. The van der Waals surface area contributed by atoms with Gasteiger partial charge in [-0.05, 0) is 12.1 Å². The number of esters is 2. The summed E-state index contributed by atoms with van der Waals surface area (Å²) in [7, 11) is 1.22. The fraction of sp³-hybridized carbons (Fsp3) is 0.368. The first kappa shape index (κ1) is 18.3. The van der Waals surface area contributed by atoms with Gasteiger partial charge in [0.2, 0.25) is 11.8 Å². The largest absolute Gasteiger partial charge is 0.494 e. The Bertz CT molecular complexity index is 922. The maximum absolute atomic E-state index is 12.0. The Hall–Kier alpha value is -3.04. The van der Waals surface area contributed by atoms with E-state index in [0.29, 0.717) is 5.69 Å². The number of nitrogens with zero attached hydrogens (tertiary/aromatic N) is 1. The van der Waals surface area contributed by atoms with Crippen molar-refractivity contribution in [3.8, 4) is 17.4 Å². The molecule has 4 atom stereocenters. The molecule has 2 aliphatic heterocycles. The maximum Gasteiger partial charge on any atom is 0.306 e. The highest BCUT2D eigenvalue weighted by Crippen LogP contribution is 2.59. The molecule has 9 nitrogen and oxygen atoms in total. The van der Waals surface area contributed by atoms with Crippen LogP contribution in [-0.2, 0) is 23.8 Å². The van der Waals surface area contributed by atoms with Crippen molar-refractivity contribution < 1.29 is 39.1 Å². The molecule has 1 aromatic heterocycles. The number of para-hydroxylation sites is 1. The van der Waals surface area contributed by atoms with Crippen LogP contribution in [0, 0.1) is 0 Å². The van der Waals surface area contributed by atoms with Crippen molar-refractivity contribution >= 4 is 11.9 Å². The number of benzene rings is 1. The van der Waals surface area contributed by atoms with Crippen molar-refractivity contribution in [1.29, 1.82) is 0 Å². The van der Waals surface area contributed by atoms with Crippen molar-refractivity contribution in [2.75, 3.05) is 7.11 Å². The van der Waals surface area contributed by atoms with Crippen molar-refractivity contribution in [2.45, 2.75) is 37.3 Å². The van der Waals surface area contributed by atoms with Gasteiger partial charge in [-0.3, -0.25) is 14.2 Å². The minimum atomic E-state index is -1.21. The van der Waals surface area contributed by atoms with Gasteiger partial charge in [-0.25, -0.2) is 0 Å². The first-order valence-electron chi connectivity index (χ1n) is 8.75. The Morgan fingerprint density at radius 3 is 2.29 bits per heavy atom. The van der Waals surface area contributed by atoms with E-state index in [4.69, 9.17) is 9.47 Å². The quantitative estimate of drug-likeness (QED) is 0.652. The van der Waals surface area contributed by atoms with Gasteiger partial charge in [0.15, 0.2) is 6.10 Å². The molecule has 0 amide bonds. The number of aliphatic hydroxyl groups is 1. The van der Waals surface area contributed by atoms with E-state index in [0.717, 1.165) is 0 Å². The molecule has 1 saturated heterocycles. The van der Waals surface area contributed by atoms with E-state index in [1.807, 2.05) is 0 Å². The summed E-state index contributed by atoms with van der Waals surface area (Å²) in [5.74, 6) is -1.72. The molecule has 2 bridgehead atoms. The third kappa shape index (κ3) is 2.71. The molecule has 28 heavy (non-hydrogen) atoms. The molecule has 0 radical (unpaired) electrons. The van der Waals surface area contributed by atoms with Crippen molar-refractivity contribution in [3.63, 3.8) is 0 Å². The molecule has 148 valence electrons. The molecule has 3 N–H and O–H groups in total. The molecule has 0 aliphatic carbocycles. The second-order valence-corrected chi connectivity index (χ2v) is 6.64. The lowest BCUT2D eigenvalue weighted by molar-refractivity contribution is -0.158. The predicted molar refractivity (Wildman–Crippen MR) is 92.8 cm³/mol. The summed E-state index contributed by atoms with van der Waals surface area (Å²) < 4.78 is 16.7. The lowest BCUT2D eigenvalue weighted by Crippen LogP contribution is -2.35. The zero-order chi connectivity index (χ0) is 20.0. The van der Waals surface area contributed by atoms with Crippen LogP contribution in [-0.4, -0.2) is 51.1 Å². The number of aliphatic hydroxyl groups excluding tert-OH is 1. The van der Waals surface area contributed by atoms with Crippen LogP contribution in [0.1, 0.15) is 36.2 Å². The number of aromatic nitrogens is 1. The van der Waals surface area contributed by atoms with E-state index >= 15 is 0 Å².